The van der Waals surface area contributed by atoms with Crippen molar-refractivity contribution in [2.45, 2.75) is 46.1 Å². The number of pyridine rings is 2. The molecule has 0 aliphatic carbocycles. The van der Waals surface area contributed by atoms with Gasteiger partial charge in [-0.25, -0.2) is 9.97 Å². The zero-order valence-electron chi connectivity index (χ0n) is 18.8. The predicted molar refractivity (Wildman–Crippen MR) is 128 cm³/mol. The molecule has 156 valence electrons. The van der Waals surface area contributed by atoms with E-state index in [1.165, 1.54) is 5.56 Å². The standard InChI is InChI=1S/C27H28N4/c1-19(2)22-15-17-31-24(18-22)29-25(26(31)30-27(3,4)5)21-12-9-20(10-13-21)11-14-23-8-6-7-16-28-23/h6-10,12-13,15-19,30H,1-5H3. The summed E-state index contributed by atoms with van der Waals surface area (Å²) < 4.78 is 2.14. The Balaban J connectivity index is 1.74. The number of benzene rings is 1. The van der Waals surface area contributed by atoms with Gasteiger partial charge in [-0.15, -0.1) is 0 Å². The summed E-state index contributed by atoms with van der Waals surface area (Å²) in [5, 5.41) is 3.65. The lowest BCUT2D eigenvalue weighted by Crippen LogP contribution is -2.27. The van der Waals surface area contributed by atoms with Crippen LogP contribution in [0, 0.1) is 11.8 Å². The summed E-state index contributed by atoms with van der Waals surface area (Å²) in [6.45, 7) is 10.9. The normalized spacial score (nSPS) is 11.4. The van der Waals surface area contributed by atoms with Crippen LogP contribution in [0.4, 0.5) is 5.82 Å². The Morgan fingerprint density at radius 3 is 2.39 bits per heavy atom. The van der Waals surface area contributed by atoms with Crippen LogP contribution in [0.15, 0.2) is 67.0 Å². The zero-order chi connectivity index (χ0) is 22.0. The van der Waals surface area contributed by atoms with Gasteiger partial charge in [-0.3, -0.25) is 4.40 Å². The van der Waals surface area contributed by atoms with Crippen molar-refractivity contribution in [2.75, 3.05) is 5.32 Å². The number of aromatic nitrogens is 3. The van der Waals surface area contributed by atoms with Crippen molar-refractivity contribution in [3.63, 3.8) is 0 Å². The van der Waals surface area contributed by atoms with E-state index in [9.17, 15) is 0 Å². The maximum atomic E-state index is 4.99. The predicted octanol–water partition coefficient (Wildman–Crippen LogP) is 6.13. The quantitative estimate of drug-likeness (QED) is 0.415. The minimum atomic E-state index is -0.0878. The zero-order valence-corrected chi connectivity index (χ0v) is 18.8. The van der Waals surface area contributed by atoms with Crippen LogP contribution in [0.1, 0.15) is 57.4 Å². The number of rotatable bonds is 3. The van der Waals surface area contributed by atoms with E-state index >= 15 is 0 Å². The first-order valence-corrected chi connectivity index (χ1v) is 10.6. The molecule has 0 atom stereocenters. The summed E-state index contributed by atoms with van der Waals surface area (Å²) >= 11 is 0. The summed E-state index contributed by atoms with van der Waals surface area (Å²) in [5.74, 6) is 7.76. The van der Waals surface area contributed by atoms with Gasteiger partial charge in [0.15, 0.2) is 0 Å². The van der Waals surface area contributed by atoms with Gasteiger partial charge in [0.05, 0.1) is 0 Å². The Labute approximate surface area is 184 Å². The molecule has 0 unspecified atom stereocenters. The molecule has 0 saturated carbocycles. The molecule has 0 bridgehead atoms. The monoisotopic (exact) mass is 408 g/mol. The van der Waals surface area contributed by atoms with E-state index in [1.54, 1.807) is 6.20 Å². The fourth-order valence-corrected chi connectivity index (χ4v) is 3.38. The maximum Gasteiger partial charge on any atom is 0.139 e. The van der Waals surface area contributed by atoms with Crippen LogP contribution in [0.3, 0.4) is 0 Å². The van der Waals surface area contributed by atoms with Gasteiger partial charge in [0, 0.05) is 29.1 Å². The van der Waals surface area contributed by atoms with Gasteiger partial charge in [0.25, 0.3) is 0 Å². The Morgan fingerprint density at radius 1 is 0.968 bits per heavy atom. The van der Waals surface area contributed by atoms with Crippen molar-refractivity contribution in [3.05, 3.63) is 83.8 Å². The Morgan fingerprint density at radius 2 is 1.74 bits per heavy atom. The summed E-state index contributed by atoms with van der Waals surface area (Å²) in [6.07, 6.45) is 3.87. The first-order chi connectivity index (χ1) is 14.8. The molecule has 31 heavy (non-hydrogen) atoms. The lowest BCUT2D eigenvalue weighted by Gasteiger charge is -2.22. The largest absolute Gasteiger partial charge is 0.365 e. The molecule has 3 aromatic heterocycles. The van der Waals surface area contributed by atoms with Crippen molar-refractivity contribution in [3.8, 4) is 23.1 Å². The summed E-state index contributed by atoms with van der Waals surface area (Å²) in [7, 11) is 0. The highest BCUT2D eigenvalue weighted by atomic mass is 15.2. The van der Waals surface area contributed by atoms with E-state index in [-0.39, 0.29) is 5.54 Å². The molecule has 0 saturated heterocycles. The van der Waals surface area contributed by atoms with Crippen LogP contribution in [-0.4, -0.2) is 19.9 Å². The van der Waals surface area contributed by atoms with Crippen LogP contribution in [0.5, 0.6) is 0 Å². The number of hydrogen-bond acceptors (Lipinski definition) is 3. The highest BCUT2D eigenvalue weighted by molar-refractivity contribution is 5.77. The van der Waals surface area contributed by atoms with Crippen LogP contribution in [0.2, 0.25) is 0 Å². The van der Waals surface area contributed by atoms with E-state index in [0.29, 0.717) is 5.92 Å². The maximum absolute atomic E-state index is 4.99. The van der Waals surface area contributed by atoms with Gasteiger partial charge in [-0.1, -0.05) is 38.0 Å². The van der Waals surface area contributed by atoms with Crippen molar-refractivity contribution >= 4 is 11.5 Å². The second-order valence-electron chi connectivity index (χ2n) is 9.07. The summed E-state index contributed by atoms with van der Waals surface area (Å²) in [5.41, 5.74) is 5.87. The number of nitrogens with one attached hydrogen (secondary N) is 1. The average molecular weight is 409 g/mol. The van der Waals surface area contributed by atoms with Crippen molar-refractivity contribution in [2.24, 2.45) is 0 Å². The molecule has 0 radical (unpaired) electrons. The molecule has 4 aromatic rings. The van der Waals surface area contributed by atoms with Gasteiger partial charge in [0.2, 0.25) is 0 Å². The molecule has 0 aliphatic rings. The van der Waals surface area contributed by atoms with Crippen molar-refractivity contribution in [1.29, 1.82) is 0 Å². The third-order valence-electron chi connectivity index (χ3n) is 4.97. The summed E-state index contributed by atoms with van der Waals surface area (Å²) in [6, 6.07) is 18.3. The van der Waals surface area contributed by atoms with E-state index in [2.05, 4.69) is 91.6 Å². The lowest BCUT2D eigenvalue weighted by atomic mass is 10.1. The SMILES string of the molecule is CC(C)c1ccn2c(NC(C)(C)C)c(-c3ccc(C#Cc4ccccn4)cc3)nc2c1. The highest BCUT2D eigenvalue weighted by Crippen LogP contribution is 2.32. The molecule has 4 rings (SSSR count). The van der Waals surface area contributed by atoms with Gasteiger partial charge in [-0.2, -0.15) is 0 Å². The van der Waals surface area contributed by atoms with Crippen LogP contribution in [0.25, 0.3) is 16.9 Å². The molecule has 4 heteroatoms. The number of imidazole rings is 1. The molecule has 1 N–H and O–H groups in total. The highest BCUT2D eigenvalue weighted by Gasteiger charge is 2.19. The Bertz CT molecular complexity index is 1250. The lowest BCUT2D eigenvalue weighted by molar-refractivity contribution is 0.629. The molecular weight excluding hydrogens is 380 g/mol. The van der Waals surface area contributed by atoms with Gasteiger partial charge in [0.1, 0.15) is 22.9 Å². The van der Waals surface area contributed by atoms with Crippen molar-refractivity contribution in [1.82, 2.24) is 14.4 Å². The number of fused-ring (bicyclic) bond motifs is 1. The molecule has 0 spiro atoms. The minimum absolute atomic E-state index is 0.0878. The average Bonchev–Trinajstić information content (AvgIpc) is 3.09. The molecule has 1 aromatic carbocycles. The minimum Gasteiger partial charge on any atom is -0.365 e. The van der Waals surface area contributed by atoms with Gasteiger partial charge >= 0.3 is 0 Å². The number of anilines is 1. The molecule has 0 aliphatic heterocycles. The van der Waals surface area contributed by atoms with Gasteiger partial charge in [-0.05, 0) is 74.6 Å². The second kappa shape index (κ2) is 8.28. The number of hydrogen-bond donors (Lipinski definition) is 1. The second-order valence-corrected chi connectivity index (χ2v) is 9.07. The molecular formula is C27H28N4. The first kappa shape index (κ1) is 20.7. The van der Waals surface area contributed by atoms with Crippen LogP contribution < -0.4 is 5.32 Å². The number of nitrogens with zero attached hydrogens (tertiary/aromatic N) is 3. The van der Waals surface area contributed by atoms with E-state index in [4.69, 9.17) is 4.98 Å². The molecule has 4 nitrogen and oxygen atoms in total. The first-order valence-electron chi connectivity index (χ1n) is 10.6. The fraction of sp³-hybridized carbons (Fsp3) is 0.259. The van der Waals surface area contributed by atoms with E-state index in [0.717, 1.165) is 34.0 Å². The smallest absolute Gasteiger partial charge is 0.139 e. The topological polar surface area (TPSA) is 42.2 Å². The van der Waals surface area contributed by atoms with Crippen molar-refractivity contribution < 1.29 is 0 Å². The Kier molecular flexibility index (Phi) is 5.52. The van der Waals surface area contributed by atoms with Crippen LogP contribution >= 0.6 is 0 Å². The third-order valence-corrected chi connectivity index (χ3v) is 4.97. The molecule has 0 fully saturated rings. The van der Waals surface area contributed by atoms with Crippen LogP contribution in [-0.2, 0) is 0 Å². The molecule has 0 amide bonds. The third kappa shape index (κ3) is 4.78. The summed E-state index contributed by atoms with van der Waals surface area (Å²) in [4.78, 5) is 9.24. The van der Waals surface area contributed by atoms with E-state index in [1.807, 2.05) is 30.3 Å². The fourth-order valence-electron chi connectivity index (χ4n) is 3.38. The Hall–Kier alpha value is -3.58. The van der Waals surface area contributed by atoms with E-state index < -0.39 is 0 Å². The van der Waals surface area contributed by atoms with Gasteiger partial charge < -0.3 is 5.32 Å². The molecule has 3 heterocycles.